The maximum absolute atomic E-state index is 6.63. The molecule has 0 fully saturated rings. The number of fused-ring (bicyclic) bond motifs is 2. The molecule has 0 unspecified atom stereocenters. The van der Waals surface area contributed by atoms with Crippen molar-refractivity contribution in [1.29, 1.82) is 0 Å². The highest BCUT2D eigenvalue weighted by atomic mass is 32.2. The summed E-state index contributed by atoms with van der Waals surface area (Å²) in [6.07, 6.45) is 29.0. The summed E-state index contributed by atoms with van der Waals surface area (Å²) in [5.41, 5.74) is 1.34. The Kier molecular flexibility index (Phi) is 23.2. The van der Waals surface area contributed by atoms with Crippen LogP contribution in [0.15, 0.2) is 42.5 Å². The molecule has 0 radical (unpaired) electrons. The number of rotatable bonds is 31. The monoisotopic (exact) mass is 694 g/mol. The number of ether oxygens (including phenoxy) is 2. The number of aryl methyl sites for hydroxylation is 1. The van der Waals surface area contributed by atoms with Gasteiger partial charge in [-0.05, 0) is 42.4 Å². The lowest BCUT2D eigenvalue weighted by molar-refractivity contribution is 0.346. The average molecular weight is 695 g/mol. The van der Waals surface area contributed by atoms with E-state index in [2.05, 4.69) is 63.2 Å². The van der Waals surface area contributed by atoms with E-state index < -0.39 is 0 Å². The van der Waals surface area contributed by atoms with Gasteiger partial charge in [0.1, 0.15) is 11.5 Å². The van der Waals surface area contributed by atoms with Gasteiger partial charge in [0.15, 0.2) is 0 Å². The van der Waals surface area contributed by atoms with Gasteiger partial charge in [0.25, 0.3) is 0 Å². The van der Waals surface area contributed by atoms with Gasteiger partial charge in [0, 0.05) is 33.1 Å². The zero-order valence-electron chi connectivity index (χ0n) is 31.3. The van der Waals surface area contributed by atoms with E-state index in [9.17, 15) is 0 Å². The molecule has 0 spiro atoms. The van der Waals surface area contributed by atoms with Gasteiger partial charge in [-0.15, -0.1) is 0 Å². The summed E-state index contributed by atoms with van der Waals surface area (Å²) in [7, 11) is 0. The molecule has 0 bridgehead atoms. The second-order valence-electron chi connectivity index (χ2n) is 13.7. The van der Waals surface area contributed by atoms with Crippen LogP contribution in [-0.2, 0) is 6.42 Å². The van der Waals surface area contributed by atoms with Crippen LogP contribution >= 0.6 is 23.5 Å². The van der Waals surface area contributed by atoms with E-state index in [4.69, 9.17) is 9.47 Å². The summed E-state index contributed by atoms with van der Waals surface area (Å²) < 4.78 is 13.2. The van der Waals surface area contributed by atoms with Gasteiger partial charge < -0.3 is 9.47 Å². The highest BCUT2D eigenvalue weighted by molar-refractivity contribution is 7.99. The maximum Gasteiger partial charge on any atom is 0.135 e. The normalized spacial score (nSPS) is 11.6. The van der Waals surface area contributed by atoms with Gasteiger partial charge in [-0.25, -0.2) is 0 Å². The Labute approximate surface area is 304 Å². The smallest absolute Gasteiger partial charge is 0.135 e. The molecule has 3 rings (SSSR count). The molecule has 48 heavy (non-hydrogen) atoms. The number of unbranched alkanes of at least 4 members (excludes halogenated alkanes) is 18. The van der Waals surface area contributed by atoms with Crippen LogP contribution in [0.4, 0.5) is 0 Å². The first-order chi connectivity index (χ1) is 23.8. The predicted molar refractivity (Wildman–Crippen MR) is 220 cm³/mol. The van der Waals surface area contributed by atoms with E-state index >= 15 is 0 Å². The van der Waals surface area contributed by atoms with Crippen molar-refractivity contribution in [3.8, 4) is 11.5 Å². The van der Waals surface area contributed by atoms with Crippen LogP contribution in [0.2, 0.25) is 0 Å². The molecule has 0 saturated heterocycles. The van der Waals surface area contributed by atoms with Crippen LogP contribution in [0.3, 0.4) is 0 Å². The molecule has 0 aromatic heterocycles. The predicted octanol–water partition coefficient (Wildman–Crippen LogP) is 14.6. The van der Waals surface area contributed by atoms with Crippen LogP contribution in [0.1, 0.15) is 155 Å². The third-order valence-electron chi connectivity index (χ3n) is 9.63. The lowest BCUT2D eigenvalue weighted by atomic mass is 9.98. The fraction of sp³-hybridized carbons (Fsp3) is 0.682. The largest absolute Gasteiger partial charge is 0.491 e. The second-order valence-corrected chi connectivity index (χ2v) is 16.2. The van der Waals surface area contributed by atoms with Crippen molar-refractivity contribution in [1.82, 2.24) is 0 Å². The fourth-order valence-electron chi connectivity index (χ4n) is 6.67. The zero-order chi connectivity index (χ0) is 33.9. The Balaban J connectivity index is 1.42. The van der Waals surface area contributed by atoms with Gasteiger partial charge in [0.2, 0.25) is 0 Å². The molecular weight excluding hydrogens is 625 g/mol. The van der Waals surface area contributed by atoms with Crippen LogP contribution in [0.5, 0.6) is 11.5 Å². The fourth-order valence-corrected chi connectivity index (χ4v) is 8.30. The maximum atomic E-state index is 6.63. The van der Waals surface area contributed by atoms with E-state index in [0.717, 1.165) is 42.6 Å². The van der Waals surface area contributed by atoms with Crippen LogP contribution in [0, 0.1) is 0 Å². The molecule has 2 nitrogen and oxygen atoms in total. The summed E-state index contributed by atoms with van der Waals surface area (Å²) >= 11 is 4.09. The molecule has 0 saturated carbocycles. The molecule has 0 N–H and O–H groups in total. The molecule has 4 heteroatoms. The molecule has 3 aromatic carbocycles. The Morgan fingerprint density at radius 1 is 0.417 bits per heavy atom. The number of hydrogen-bond acceptors (Lipinski definition) is 4. The summed E-state index contributed by atoms with van der Waals surface area (Å²) in [6.45, 7) is 8.31. The molecule has 0 aliphatic rings. The van der Waals surface area contributed by atoms with Crippen molar-refractivity contribution in [3.05, 3.63) is 48.0 Å². The van der Waals surface area contributed by atoms with E-state index in [-0.39, 0.29) is 0 Å². The van der Waals surface area contributed by atoms with Crippen molar-refractivity contribution in [3.63, 3.8) is 0 Å². The number of hydrogen-bond donors (Lipinski definition) is 0. The van der Waals surface area contributed by atoms with Gasteiger partial charge in [0.05, 0.1) is 13.2 Å². The molecule has 3 aromatic rings. The van der Waals surface area contributed by atoms with Crippen LogP contribution in [-0.4, -0.2) is 36.2 Å². The van der Waals surface area contributed by atoms with Crippen molar-refractivity contribution in [2.75, 3.05) is 36.2 Å². The van der Waals surface area contributed by atoms with Gasteiger partial charge in [-0.1, -0.05) is 173 Å². The van der Waals surface area contributed by atoms with E-state index in [0.29, 0.717) is 0 Å². The quantitative estimate of drug-likeness (QED) is 0.0493. The third kappa shape index (κ3) is 16.0. The first-order valence-corrected chi connectivity index (χ1v) is 22.5. The third-order valence-corrected chi connectivity index (χ3v) is 11.7. The Hall–Kier alpha value is -1.52. The minimum Gasteiger partial charge on any atom is -0.491 e. The summed E-state index contributed by atoms with van der Waals surface area (Å²) in [4.78, 5) is 0. The molecular formula is C44H70O2S2. The van der Waals surface area contributed by atoms with Crippen molar-refractivity contribution >= 4 is 45.1 Å². The topological polar surface area (TPSA) is 18.5 Å². The van der Waals surface area contributed by atoms with E-state index in [1.165, 1.54) is 167 Å². The molecule has 0 heterocycles. The van der Waals surface area contributed by atoms with Crippen LogP contribution in [0.25, 0.3) is 21.5 Å². The molecule has 0 aliphatic carbocycles. The minimum atomic E-state index is 0.743. The first kappa shape index (κ1) is 40.9. The van der Waals surface area contributed by atoms with E-state index in [1.54, 1.807) is 0 Å². The second kappa shape index (κ2) is 27.2. The van der Waals surface area contributed by atoms with Crippen molar-refractivity contribution in [2.45, 2.75) is 156 Å². The SMILES string of the molecule is CCCCCCCCCCCCSCCOc1c2ccccc2c(OCCSCCCCCCCCCCCC)c2cc(CC)ccc12. The molecule has 270 valence electrons. The van der Waals surface area contributed by atoms with Crippen molar-refractivity contribution < 1.29 is 9.47 Å². The highest BCUT2D eigenvalue weighted by Crippen LogP contribution is 2.43. The van der Waals surface area contributed by atoms with Crippen LogP contribution < -0.4 is 9.47 Å². The standard InChI is InChI=1S/C44H70O2S2/c1-4-7-9-11-13-15-17-19-21-25-33-47-35-31-45-43-39-27-23-24-28-40(39)44(42-37-38(6-3)29-30-41(42)43)46-32-36-48-34-26-22-20-18-16-14-12-10-8-5-2/h23-24,27-30,37H,4-22,25-26,31-36H2,1-3H3. The summed E-state index contributed by atoms with van der Waals surface area (Å²) in [5, 5.41) is 4.72. The summed E-state index contributed by atoms with van der Waals surface area (Å²) in [6, 6.07) is 15.6. The summed E-state index contributed by atoms with van der Waals surface area (Å²) in [5.74, 6) is 6.60. The lowest BCUT2D eigenvalue weighted by Crippen LogP contribution is -2.05. The molecule has 0 atom stereocenters. The molecule has 0 amide bonds. The average Bonchev–Trinajstić information content (AvgIpc) is 3.12. The molecule has 0 aliphatic heterocycles. The minimum absolute atomic E-state index is 0.743. The zero-order valence-corrected chi connectivity index (χ0v) is 32.9. The number of thioether (sulfide) groups is 2. The first-order valence-electron chi connectivity index (χ1n) is 20.2. The lowest BCUT2D eigenvalue weighted by Gasteiger charge is -2.18. The van der Waals surface area contributed by atoms with Crippen molar-refractivity contribution in [2.24, 2.45) is 0 Å². The van der Waals surface area contributed by atoms with Gasteiger partial charge in [-0.2, -0.15) is 23.5 Å². The van der Waals surface area contributed by atoms with Gasteiger partial charge in [-0.3, -0.25) is 0 Å². The Morgan fingerprint density at radius 2 is 0.812 bits per heavy atom. The number of benzene rings is 3. The highest BCUT2D eigenvalue weighted by Gasteiger charge is 2.16. The Morgan fingerprint density at radius 3 is 1.25 bits per heavy atom. The Bertz CT molecular complexity index is 1230. The van der Waals surface area contributed by atoms with E-state index in [1.807, 2.05) is 23.5 Å². The van der Waals surface area contributed by atoms with Gasteiger partial charge >= 0.3 is 0 Å².